The normalized spacial score (nSPS) is 21.7. The van der Waals surface area contributed by atoms with E-state index in [-0.39, 0.29) is 35.2 Å². The molecule has 2 aliphatic heterocycles. The third kappa shape index (κ3) is 5.06. The predicted molar refractivity (Wildman–Crippen MR) is 110 cm³/mol. The lowest BCUT2D eigenvalue weighted by Crippen LogP contribution is -2.44. The van der Waals surface area contributed by atoms with E-state index in [0.717, 1.165) is 37.4 Å². The van der Waals surface area contributed by atoms with Crippen LogP contribution >= 0.6 is 24.0 Å². The molecule has 0 aromatic heterocycles. The monoisotopic (exact) mass is 461 g/mol. The summed E-state index contributed by atoms with van der Waals surface area (Å²) >= 11 is 0. The number of likely N-dealkylation sites (tertiary alicyclic amines) is 1. The fraction of sp³-hybridized carbons (Fsp3) is 0.632. The number of piperidine rings is 1. The van der Waals surface area contributed by atoms with Gasteiger partial charge >= 0.3 is 0 Å². The van der Waals surface area contributed by atoms with Crippen LogP contribution in [0.25, 0.3) is 0 Å². The van der Waals surface area contributed by atoms with Gasteiger partial charge in [0.15, 0.2) is 5.96 Å². The van der Waals surface area contributed by atoms with Crippen molar-refractivity contribution in [3.63, 3.8) is 0 Å². The zero-order valence-electron chi connectivity index (χ0n) is 14.9. The Morgan fingerprint density at radius 2 is 2.00 bits per heavy atom. The van der Waals surface area contributed by atoms with Crippen LogP contribution in [-0.4, -0.2) is 43.7 Å². The molecule has 0 unspecified atom stereocenters. The van der Waals surface area contributed by atoms with Crippen LogP contribution in [0.1, 0.15) is 38.2 Å². The molecule has 3 rings (SSSR count). The van der Waals surface area contributed by atoms with Crippen LogP contribution in [0.5, 0.6) is 0 Å². The van der Waals surface area contributed by atoms with Gasteiger partial charge in [-0.15, -0.1) is 24.0 Å². The van der Waals surface area contributed by atoms with Gasteiger partial charge in [-0.2, -0.15) is 0 Å². The van der Waals surface area contributed by atoms with Gasteiger partial charge < -0.3 is 15.4 Å². The summed E-state index contributed by atoms with van der Waals surface area (Å²) in [7, 11) is 0. The van der Waals surface area contributed by atoms with Gasteiger partial charge in [-0.3, -0.25) is 4.99 Å². The first kappa shape index (κ1) is 20.4. The number of rotatable bonds is 3. The molecule has 0 atom stereocenters. The van der Waals surface area contributed by atoms with Crippen LogP contribution in [0.2, 0.25) is 0 Å². The lowest BCUT2D eigenvalue weighted by atomic mass is 9.74. The number of hydrogen-bond donors (Lipinski definition) is 1. The summed E-state index contributed by atoms with van der Waals surface area (Å²) in [5.41, 5.74) is 7.08. The number of ether oxygens (including phenoxy) is 1. The Labute approximate surface area is 167 Å². The molecule has 0 amide bonds. The van der Waals surface area contributed by atoms with Crippen LogP contribution < -0.4 is 5.73 Å². The Morgan fingerprint density at radius 1 is 1.32 bits per heavy atom. The number of benzene rings is 1. The molecule has 0 spiro atoms. The highest BCUT2D eigenvalue weighted by molar-refractivity contribution is 14.0. The molecule has 2 saturated heterocycles. The minimum atomic E-state index is -0.194. The molecule has 2 heterocycles. The summed E-state index contributed by atoms with van der Waals surface area (Å²) in [4.78, 5) is 6.90. The van der Waals surface area contributed by atoms with Crippen molar-refractivity contribution in [2.75, 3.05) is 32.8 Å². The molecule has 2 fully saturated rings. The van der Waals surface area contributed by atoms with E-state index in [2.05, 4.69) is 11.8 Å². The van der Waals surface area contributed by atoms with Gasteiger partial charge in [-0.1, -0.05) is 19.1 Å². The Balaban J connectivity index is 0.00000225. The predicted octanol–water partition coefficient (Wildman–Crippen LogP) is 3.54. The van der Waals surface area contributed by atoms with Crippen molar-refractivity contribution in [1.29, 1.82) is 0 Å². The van der Waals surface area contributed by atoms with E-state index in [1.165, 1.54) is 18.9 Å². The van der Waals surface area contributed by atoms with E-state index >= 15 is 0 Å². The Bertz CT molecular complexity index is 582. The largest absolute Gasteiger partial charge is 0.381 e. The second kappa shape index (κ2) is 9.16. The first-order valence-corrected chi connectivity index (χ1v) is 8.98. The van der Waals surface area contributed by atoms with E-state index in [9.17, 15) is 4.39 Å². The second-order valence-corrected chi connectivity index (χ2v) is 7.25. The standard InChI is InChI=1S/C19H28FN3O.HI/c1-15-5-9-23(10-6-15)18(21)22-14-19(7-11-24-12-8-19)16-3-2-4-17(20)13-16;/h2-4,13,15H,5-12,14H2,1H3,(H2,21,22);1H. The number of nitrogens with two attached hydrogens (primary N) is 1. The minimum Gasteiger partial charge on any atom is -0.381 e. The highest BCUT2D eigenvalue weighted by atomic mass is 127. The van der Waals surface area contributed by atoms with Gasteiger partial charge in [0.05, 0.1) is 6.54 Å². The van der Waals surface area contributed by atoms with Crippen molar-refractivity contribution < 1.29 is 9.13 Å². The van der Waals surface area contributed by atoms with Crippen molar-refractivity contribution in [2.24, 2.45) is 16.6 Å². The highest BCUT2D eigenvalue weighted by Crippen LogP contribution is 2.35. The van der Waals surface area contributed by atoms with E-state index in [1.807, 2.05) is 6.07 Å². The molecular formula is C19H29FIN3O. The fourth-order valence-electron chi connectivity index (χ4n) is 3.69. The van der Waals surface area contributed by atoms with Crippen LogP contribution in [-0.2, 0) is 10.2 Å². The number of nitrogens with zero attached hydrogens (tertiary/aromatic N) is 2. The molecule has 1 aromatic rings. The smallest absolute Gasteiger partial charge is 0.191 e. The number of aliphatic imine (C=N–C) groups is 1. The molecule has 0 bridgehead atoms. The van der Waals surface area contributed by atoms with Gasteiger partial charge in [0, 0.05) is 31.7 Å². The first-order chi connectivity index (χ1) is 11.6. The van der Waals surface area contributed by atoms with Crippen LogP contribution in [0.15, 0.2) is 29.3 Å². The molecule has 1 aromatic carbocycles. The third-order valence-electron chi connectivity index (χ3n) is 5.54. The van der Waals surface area contributed by atoms with Crippen LogP contribution in [0.3, 0.4) is 0 Å². The lowest BCUT2D eigenvalue weighted by Gasteiger charge is -2.37. The molecule has 25 heavy (non-hydrogen) atoms. The van der Waals surface area contributed by atoms with Gasteiger partial charge in [-0.25, -0.2) is 4.39 Å². The molecule has 4 nitrogen and oxygen atoms in total. The van der Waals surface area contributed by atoms with Crippen molar-refractivity contribution in [2.45, 2.75) is 38.0 Å². The van der Waals surface area contributed by atoms with Crippen molar-refractivity contribution in [1.82, 2.24) is 4.90 Å². The third-order valence-corrected chi connectivity index (χ3v) is 5.54. The summed E-state index contributed by atoms with van der Waals surface area (Å²) in [5, 5.41) is 0. The average molecular weight is 461 g/mol. The summed E-state index contributed by atoms with van der Waals surface area (Å²) in [6.07, 6.45) is 4.03. The molecule has 2 N–H and O–H groups in total. The maximum atomic E-state index is 13.7. The minimum absolute atomic E-state index is 0. The van der Waals surface area contributed by atoms with E-state index in [0.29, 0.717) is 25.7 Å². The Hall–Kier alpha value is -0.890. The molecule has 6 heteroatoms. The van der Waals surface area contributed by atoms with Gasteiger partial charge in [0.2, 0.25) is 0 Å². The lowest BCUT2D eigenvalue weighted by molar-refractivity contribution is 0.0529. The number of halogens is 2. The van der Waals surface area contributed by atoms with Crippen molar-refractivity contribution in [3.05, 3.63) is 35.6 Å². The summed E-state index contributed by atoms with van der Waals surface area (Å²) in [5.74, 6) is 1.20. The van der Waals surface area contributed by atoms with E-state index in [1.54, 1.807) is 12.1 Å². The Kier molecular flexibility index (Phi) is 7.49. The number of hydrogen-bond acceptors (Lipinski definition) is 2. The van der Waals surface area contributed by atoms with E-state index in [4.69, 9.17) is 15.5 Å². The van der Waals surface area contributed by atoms with E-state index < -0.39 is 0 Å². The molecule has 0 aliphatic carbocycles. The highest BCUT2D eigenvalue weighted by Gasteiger charge is 2.35. The molecule has 0 radical (unpaired) electrons. The zero-order valence-corrected chi connectivity index (χ0v) is 17.2. The maximum Gasteiger partial charge on any atom is 0.191 e. The van der Waals surface area contributed by atoms with Gasteiger partial charge in [0.1, 0.15) is 5.82 Å². The quantitative estimate of drug-likeness (QED) is 0.426. The molecular weight excluding hydrogens is 432 g/mol. The van der Waals surface area contributed by atoms with Gasteiger partial charge in [0.25, 0.3) is 0 Å². The average Bonchev–Trinajstić information content (AvgIpc) is 2.61. The zero-order chi connectivity index (χ0) is 17.0. The molecule has 140 valence electrons. The summed E-state index contributed by atoms with van der Waals surface area (Å²) in [6.45, 7) is 6.21. The second-order valence-electron chi connectivity index (χ2n) is 7.25. The van der Waals surface area contributed by atoms with Crippen LogP contribution in [0, 0.1) is 11.7 Å². The first-order valence-electron chi connectivity index (χ1n) is 8.98. The Morgan fingerprint density at radius 3 is 2.64 bits per heavy atom. The van der Waals surface area contributed by atoms with Gasteiger partial charge in [-0.05, 0) is 49.3 Å². The summed E-state index contributed by atoms with van der Waals surface area (Å²) in [6, 6.07) is 6.91. The fourth-order valence-corrected chi connectivity index (χ4v) is 3.69. The SMILES string of the molecule is CC1CCN(C(N)=NCC2(c3cccc(F)c3)CCOCC2)CC1.I. The van der Waals surface area contributed by atoms with Crippen molar-refractivity contribution in [3.8, 4) is 0 Å². The van der Waals surface area contributed by atoms with Crippen LogP contribution in [0.4, 0.5) is 4.39 Å². The summed E-state index contributed by atoms with van der Waals surface area (Å²) < 4.78 is 19.2. The van der Waals surface area contributed by atoms with Crippen molar-refractivity contribution >= 4 is 29.9 Å². The number of guanidine groups is 1. The molecule has 2 aliphatic rings. The topological polar surface area (TPSA) is 50.8 Å². The maximum absolute atomic E-state index is 13.7. The molecule has 0 saturated carbocycles.